The minimum absolute atomic E-state index is 0.659. The Kier molecular flexibility index (Phi) is 2.58. The number of tetrazole rings is 1. The van der Waals surface area contributed by atoms with Crippen molar-refractivity contribution >= 4 is 16.7 Å². The maximum absolute atomic E-state index is 4.00. The van der Waals surface area contributed by atoms with Crippen molar-refractivity contribution in [1.82, 2.24) is 20.2 Å². The Morgan fingerprint density at radius 1 is 1.57 bits per heavy atom. The Morgan fingerprint density at radius 2 is 2.36 bits per heavy atom. The molecule has 0 amide bonds. The van der Waals surface area contributed by atoms with Crippen molar-refractivity contribution < 1.29 is 0 Å². The second kappa shape index (κ2) is 3.73. The van der Waals surface area contributed by atoms with Crippen molar-refractivity contribution in [3.05, 3.63) is 11.9 Å². The Balaban J connectivity index is 2.22. The van der Waals surface area contributed by atoms with Crippen LogP contribution in [0, 0.1) is 11.8 Å². The van der Waals surface area contributed by atoms with E-state index in [9.17, 15) is 0 Å². The lowest BCUT2D eigenvalue weighted by Crippen LogP contribution is -2.04. The summed E-state index contributed by atoms with van der Waals surface area (Å²) in [6.07, 6.45) is 2.29. The van der Waals surface area contributed by atoms with E-state index in [0.717, 1.165) is 11.6 Å². The third kappa shape index (κ3) is 1.68. The predicted molar refractivity (Wildman–Crippen MR) is 57.6 cm³/mol. The van der Waals surface area contributed by atoms with Gasteiger partial charge in [0.2, 0.25) is 0 Å². The van der Waals surface area contributed by atoms with E-state index in [1.165, 1.54) is 4.91 Å². The maximum Gasteiger partial charge on any atom is 0.187 e. The summed E-state index contributed by atoms with van der Waals surface area (Å²) < 4.78 is 1.72. The summed E-state index contributed by atoms with van der Waals surface area (Å²) in [6, 6.07) is 0. The van der Waals surface area contributed by atoms with E-state index in [-0.39, 0.29) is 0 Å². The lowest BCUT2D eigenvalue weighted by atomic mass is 9.98. The van der Waals surface area contributed by atoms with E-state index in [1.807, 2.05) is 18.8 Å². The van der Waals surface area contributed by atoms with E-state index in [2.05, 4.69) is 35.4 Å². The molecule has 2 rings (SSSR count). The summed E-state index contributed by atoms with van der Waals surface area (Å²) in [5, 5.41) is 11.5. The van der Waals surface area contributed by atoms with Gasteiger partial charge in [0.1, 0.15) is 0 Å². The topological polar surface area (TPSA) is 43.6 Å². The summed E-state index contributed by atoms with van der Waals surface area (Å²) >= 11 is 1.85. The molecule has 0 saturated carbocycles. The van der Waals surface area contributed by atoms with Gasteiger partial charge in [-0.15, -0.1) is 16.9 Å². The highest BCUT2D eigenvalue weighted by atomic mass is 32.2. The van der Waals surface area contributed by atoms with Crippen molar-refractivity contribution in [2.24, 2.45) is 18.9 Å². The summed E-state index contributed by atoms with van der Waals surface area (Å²) in [4.78, 5) is 1.22. The average Bonchev–Trinajstić information content (AvgIpc) is 2.71. The number of hydrogen-bond acceptors (Lipinski definition) is 4. The van der Waals surface area contributed by atoms with Crippen LogP contribution < -0.4 is 0 Å². The van der Waals surface area contributed by atoms with E-state index in [1.54, 1.807) is 4.68 Å². The number of hydrogen-bond donors (Lipinski definition) is 0. The molecule has 0 radical (unpaired) electrons. The van der Waals surface area contributed by atoms with E-state index >= 15 is 0 Å². The second-order valence-electron chi connectivity index (χ2n) is 3.88. The zero-order valence-corrected chi connectivity index (χ0v) is 9.45. The van der Waals surface area contributed by atoms with E-state index < -0.39 is 0 Å². The highest BCUT2D eigenvalue weighted by molar-refractivity contribution is 8.08. The quantitative estimate of drug-likeness (QED) is 0.743. The number of thioether (sulfide) groups is 1. The molecule has 1 aromatic rings. The smallest absolute Gasteiger partial charge is 0.187 e. The lowest BCUT2D eigenvalue weighted by molar-refractivity contribution is 0.516. The average molecular weight is 210 g/mol. The number of rotatable bonds is 2. The Morgan fingerprint density at radius 3 is 2.86 bits per heavy atom. The molecule has 1 unspecified atom stereocenters. The van der Waals surface area contributed by atoms with Crippen molar-refractivity contribution in [3.63, 3.8) is 0 Å². The molecule has 14 heavy (non-hydrogen) atoms. The van der Waals surface area contributed by atoms with E-state index in [4.69, 9.17) is 0 Å². The van der Waals surface area contributed by atoms with Crippen LogP contribution >= 0.6 is 11.8 Å². The van der Waals surface area contributed by atoms with Crippen LogP contribution in [0.15, 0.2) is 6.08 Å². The zero-order chi connectivity index (χ0) is 10.1. The molecule has 0 aromatic carbocycles. The van der Waals surface area contributed by atoms with Crippen LogP contribution in [0.3, 0.4) is 0 Å². The van der Waals surface area contributed by atoms with E-state index in [0.29, 0.717) is 11.8 Å². The molecular formula is C9H14N4S. The molecule has 1 atom stereocenters. The highest BCUT2D eigenvalue weighted by Crippen LogP contribution is 2.38. The first kappa shape index (κ1) is 9.71. The van der Waals surface area contributed by atoms with Gasteiger partial charge in [-0.05, 0) is 22.3 Å². The van der Waals surface area contributed by atoms with Crippen LogP contribution in [-0.4, -0.2) is 26.0 Å². The summed E-state index contributed by atoms with van der Waals surface area (Å²) in [6.45, 7) is 4.50. The molecule has 1 aromatic heterocycles. The van der Waals surface area contributed by atoms with Crippen LogP contribution in [0.5, 0.6) is 0 Å². The molecule has 0 spiro atoms. The SMILES string of the molecule is CC(C)C1C=C(c2nnnn2C)SC1. The lowest BCUT2D eigenvalue weighted by Gasteiger charge is -2.08. The third-order valence-electron chi connectivity index (χ3n) is 2.49. The molecular weight excluding hydrogens is 196 g/mol. The normalized spacial score (nSPS) is 21.7. The molecule has 0 fully saturated rings. The predicted octanol–water partition coefficient (Wildman–Crippen LogP) is 1.57. The van der Waals surface area contributed by atoms with Gasteiger partial charge < -0.3 is 0 Å². The fraction of sp³-hybridized carbons (Fsp3) is 0.667. The minimum atomic E-state index is 0.659. The third-order valence-corrected chi connectivity index (χ3v) is 3.67. The number of aryl methyl sites for hydroxylation is 1. The van der Waals surface area contributed by atoms with Crippen molar-refractivity contribution in [1.29, 1.82) is 0 Å². The molecule has 1 aliphatic heterocycles. The second-order valence-corrected chi connectivity index (χ2v) is 4.94. The van der Waals surface area contributed by atoms with Gasteiger partial charge in [-0.3, -0.25) is 0 Å². The first-order chi connectivity index (χ1) is 6.68. The number of allylic oxidation sites excluding steroid dienone is 1. The molecule has 76 valence electrons. The Hall–Kier alpha value is -0.840. The van der Waals surface area contributed by atoms with Gasteiger partial charge in [0.25, 0.3) is 0 Å². The largest absolute Gasteiger partial charge is 0.228 e. The maximum atomic E-state index is 4.00. The van der Waals surface area contributed by atoms with Crippen molar-refractivity contribution in [2.75, 3.05) is 5.75 Å². The van der Waals surface area contributed by atoms with Gasteiger partial charge in [-0.2, -0.15) is 0 Å². The summed E-state index contributed by atoms with van der Waals surface area (Å²) in [7, 11) is 1.87. The van der Waals surface area contributed by atoms with Gasteiger partial charge in [-0.1, -0.05) is 19.9 Å². The van der Waals surface area contributed by atoms with Gasteiger partial charge in [-0.25, -0.2) is 4.68 Å². The van der Waals surface area contributed by atoms with Crippen LogP contribution in [0.2, 0.25) is 0 Å². The summed E-state index contributed by atoms with van der Waals surface area (Å²) in [5.74, 6) is 3.39. The van der Waals surface area contributed by atoms with Crippen molar-refractivity contribution in [3.8, 4) is 0 Å². The Bertz CT molecular complexity index is 355. The number of aromatic nitrogens is 4. The molecule has 5 heteroatoms. The van der Waals surface area contributed by atoms with Gasteiger partial charge in [0, 0.05) is 12.8 Å². The van der Waals surface area contributed by atoms with Crippen LogP contribution in [0.25, 0.3) is 4.91 Å². The van der Waals surface area contributed by atoms with Crippen LogP contribution in [0.4, 0.5) is 0 Å². The fourth-order valence-electron chi connectivity index (χ4n) is 1.44. The molecule has 0 N–H and O–H groups in total. The standard InChI is InChI=1S/C9H14N4S/c1-6(2)7-4-8(14-5-7)9-10-11-12-13(9)3/h4,6-7H,5H2,1-3H3. The highest BCUT2D eigenvalue weighted by Gasteiger charge is 2.22. The molecule has 2 heterocycles. The first-order valence-corrected chi connectivity index (χ1v) is 5.74. The monoisotopic (exact) mass is 210 g/mol. The molecule has 1 aliphatic rings. The molecule has 0 aliphatic carbocycles. The fourth-order valence-corrected chi connectivity index (χ4v) is 2.87. The van der Waals surface area contributed by atoms with Crippen LogP contribution in [0.1, 0.15) is 19.7 Å². The Labute approximate surface area is 87.8 Å². The van der Waals surface area contributed by atoms with Gasteiger partial charge in [0.05, 0.1) is 4.91 Å². The molecule has 4 nitrogen and oxygen atoms in total. The zero-order valence-electron chi connectivity index (χ0n) is 8.64. The molecule has 0 saturated heterocycles. The van der Waals surface area contributed by atoms with Gasteiger partial charge in [0.15, 0.2) is 5.82 Å². The first-order valence-electron chi connectivity index (χ1n) is 4.76. The summed E-state index contributed by atoms with van der Waals surface area (Å²) in [5.41, 5.74) is 0. The molecule has 0 bridgehead atoms. The van der Waals surface area contributed by atoms with Crippen molar-refractivity contribution in [2.45, 2.75) is 13.8 Å². The van der Waals surface area contributed by atoms with Gasteiger partial charge >= 0.3 is 0 Å². The van der Waals surface area contributed by atoms with Crippen LogP contribution in [-0.2, 0) is 7.05 Å². The number of nitrogens with zero attached hydrogens (tertiary/aromatic N) is 4. The minimum Gasteiger partial charge on any atom is -0.228 e.